The van der Waals surface area contributed by atoms with Crippen molar-refractivity contribution in [2.45, 2.75) is 103 Å². The molecule has 42 heavy (non-hydrogen) atoms. The van der Waals surface area contributed by atoms with Crippen molar-refractivity contribution < 1.29 is 9.36 Å². The highest BCUT2D eigenvalue weighted by Crippen LogP contribution is 2.33. The van der Waals surface area contributed by atoms with Gasteiger partial charge in [0.1, 0.15) is 13.1 Å². The van der Waals surface area contributed by atoms with Crippen LogP contribution in [0.15, 0.2) is 60.7 Å². The highest BCUT2D eigenvalue weighted by Gasteiger charge is 2.22. The summed E-state index contributed by atoms with van der Waals surface area (Å²) < 4.78 is 4.05. The monoisotopic (exact) mass is 562 g/mol. The summed E-state index contributed by atoms with van der Waals surface area (Å²) in [6.45, 7) is 1.82. The van der Waals surface area contributed by atoms with Crippen molar-refractivity contribution >= 4 is 11.6 Å². The number of aromatic nitrogens is 4. The van der Waals surface area contributed by atoms with Gasteiger partial charge in [-0.05, 0) is 73.6 Å². The lowest BCUT2D eigenvalue weighted by atomic mass is 9.89. The lowest BCUT2D eigenvalue weighted by Crippen LogP contribution is -2.42. The van der Waals surface area contributed by atoms with Crippen LogP contribution in [0.4, 0.5) is 11.6 Å². The Balaban J connectivity index is 0.837. The van der Waals surface area contributed by atoms with Crippen molar-refractivity contribution in [2.75, 3.05) is 11.5 Å². The quantitative estimate of drug-likeness (QED) is 0.147. The van der Waals surface area contributed by atoms with Crippen LogP contribution < -0.4 is 20.8 Å². The van der Waals surface area contributed by atoms with Gasteiger partial charge in [-0.2, -0.15) is 0 Å². The molecule has 6 nitrogen and oxygen atoms in total. The van der Waals surface area contributed by atoms with Crippen molar-refractivity contribution in [1.82, 2.24) is 10.2 Å². The molecule has 0 aliphatic heterocycles. The highest BCUT2D eigenvalue weighted by atomic mass is 15.3. The topological polar surface area (TPSA) is 85.6 Å². The van der Waals surface area contributed by atoms with Gasteiger partial charge in [-0.15, -0.1) is 9.36 Å². The number of nitrogens with zero attached hydrogens (tertiary/aromatic N) is 4. The largest absolute Gasteiger partial charge is 0.293 e. The van der Waals surface area contributed by atoms with Crippen LogP contribution >= 0.6 is 0 Å². The average molecular weight is 563 g/mol. The molecule has 4 N–H and O–H groups in total. The van der Waals surface area contributed by atoms with Crippen molar-refractivity contribution in [1.29, 1.82) is 0 Å². The summed E-state index contributed by atoms with van der Waals surface area (Å²) >= 11 is 0. The lowest BCUT2D eigenvalue weighted by molar-refractivity contribution is -0.741. The van der Waals surface area contributed by atoms with Gasteiger partial charge in [0.05, 0.1) is 11.4 Å². The van der Waals surface area contributed by atoms with Gasteiger partial charge in [0.15, 0.2) is 0 Å². The molecular formula is C36H46N6+2. The molecule has 2 aliphatic carbocycles. The maximum absolute atomic E-state index is 6.40. The minimum absolute atomic E-state index is 0.778. The van der Waals surface area contributed by atoms with Crippen LogP contribution in [-0.2, 0) is 38.8 Å². The van der Waals surface area contributed by atoms with Crippen LogP contribution in [0, 0.1) is 0 Å². The molecule has 0 amide bonds. The van der Waals surface area contributed by atoms with E-state index in [-0.39, 0.29) is 0 Å². The van der Waals surface area contributed by atoms with Crippen molar-refractivity contribution in [3.63, 3.8) is 0 Å². The Labute approximate surface area is 250 Å². The normalized spacial score (nSPS) is 13.2. The Kier molecular flexibility index (Phi) is 9.07. The van der Waals surface area contributed by atoms with Gasteiger partial charge >= 0.3 is 0 Å². The number of fused-ring (bicyclic) bond motifs is 6. The summed E-state index contributed by atoms with van der Waals surface area (Å²) in [6, 6.07) is 21.6. The summed E-state index contributed by atoms with van der Waals surface area (Å²) in [6.07, 6.45) is 16.8. The first kappa shape index (κ1) is 28.3. The number of hydrogen-bond acceptors (Lipinski definition) is 4. The van der Waals surface area contributed by atoms with E-state index in [9.17, 15) is 0 Å². The van der Waals surface area contributed by atoms with Crippen LogP contribution in [0.2, 0.25) is 0 Å². The SMILES string of the molecule is Nc1cc2c(n[n+]1CCCCCCCCCCCC[n+]1nc3c(cc1N)-c1ccccc1CC3)CCc1ccccc1-2. The van der Waals surface area contributed by atoms with E-state index in [4.69, 9.17) is 21.7 Å². The van der Waals surface area contributed by atoms with E-state index >= 15 is 0 Å². The van der Waals surface area contributed by atoms with Crippen LogP contribution in [0.5, 0.6) is 0 Å². The summed E-state index contributed by atoms with van der Waals surface area (Å²) in [5.74, 6) is 1.56. The first-order chi connectivity index (χ1) is 20.7. The fraction of sp³-hybridized carbons (Fsp3) is 0.444. The van der Waals surface area contributed by atoms with E-state index in [1.165, 1.54) is 96.1 Å². The molecule has 6 rings (SSSR count). The predicted molar refractivity (Wildman–Crippen MR) is 170 cm³/mol. The fourth-order valence-corrected chi connectivity index (χ4v) is 6.77. The summed E-state index contributed by atoms with van der Waals surface area (Å²) in [7, 11) is 0. The molecule has 6 heteroatoms. The smallest absolute Gasteiger partial charge is 0.285 e. The molecular weight excluding hydrogens is 516 g/mol. The molecule has 0 spiro atoms. The molecule has 2 aromatic carbocycles. The van der Waals surface area contributed by atoms with Gasteiger partial charge in [-0.25, -0.2) is 0 Å². The minimum atomic E-state index is 0.778. The van der Waals surface area contributed by atoms with Gasteiger partial charge in [-0.3, -0.25) is 11.5 Å². The Morgan fingerprint density at radius 1 is 0.476 bits per heavy atom. The highest BCUT2D eigenvalue weighted by molar-refractivity contribution is 5.73. The first-order valence-corrected chi connectivity index (χ1v) is 16.2. The van der Waals surface area contributed by atoms with E-state index < -0.39 is 0 Å². The molecule has 218 valence electrons. The summed E-state index contributed by atoms with van der Waals surface area (Å²) in [4.78, 5) is 0. The second kappa shape index (κ2) is 13.5. The molecule has 0 saturated heterocycles. The maximum Gasteiger partial charge on any atom is 0.293 e. The third-order valence-corrected chi connectivity index (χ3v) is 9.15. The van der Waals surface area contributed by atoms with Gasteiger partial charge in [0.25, 0.3) is 11.6 Å². The standard InChI is InChI=1S/C36H44N6/c37-35-25-31-29-17-11-9-15-27(29)19-21-33(31)39-41(35)23-13-7-5-3-1-2-4-6-8-14-24-42-36(38)26-32-30-18-12-10-16-28(30)20-22-34(32)40-42/h9-12,15-18,25-26,37-38H,1-8,13-14,19-24H2/p+2. The molecule has 0 atom stereocenters. The number of nitrogen functional groups attached to an aromatic ring is 2. The van der Waals surface area contributed by atoms with E-state index in [0.29, 0.717) is 0 Å². The number of anilines is 2. The van der Waals surface area contributed by atoms with Crippen LogP contribution in [0.1, 0.15) is 86.7 Å². The number of hydrogen-bond donors (Lipinski definition) is 2. The molecule has 2 aliphatic rings. The second-order valence-corrected chi connectivity index (χ2v) is 12.2. The number of nitrogens with two attached hydrogens (primary N) is 2. The zero-order valence-electron chi connectivity index (χ0n) is 25.0. The van der Waals surface area contributed by atoms with E-state index in [1.54, 1.807) is 0 Å². The molecule has 2 heterocycles. The van der Waals surface area contributed by atoms with Gasteiger partial charge in [0.2, 0.25) is 0 Å². The van der Waals surface area contributed by atoms with Crippen LogP contribution in [0.3, 0.4) is 0 Å². The zero-order chi connectivity index (χ0) is 28.7. The third kappa shape index (κ3) is 6.48. The average Bonchev–Trinajstić information content (AvgIpc) is 3.02. The van der Waals surface area contributed by atoms with Crippen LogP contribution in [-0.4, -0.2) is 10.2 Å². The Bertz CT molecular complexity index is 1410. The van der Waals surface area contributed by atoms with E-state index in [0.717, 1.165) is 63.3 Å². The Morgan fingerprint density at radius 3 is 1.29 bits per heavy atom. The summed E-state index contributed by atoms with van der Waals surface area (Å²) in [5, 5.41) is 9.85. The lowest BCUT2D eigenvalue weighted by Gasteiger charge is -2.18. The fourth-order valence-electron chi connectivity index (χ4n) is 6.77. The molecule has 2 aromatic heterocycles. The predicted octanol–water partition coefficient (Wildman–Crippen LogP) is 6.35. The van der Waals surface area contributed by atoms with Gasteiger partial charge in [0, 0.05) is 23.3 Å². The van der Waals surface area contributed by atoms with Gasteiger partial charge < -0.3 is 0 Å². The molecule has 0 unspecified atom stereocenters. The number of aryl methyl sites for hydroxylation is 6. The third-order valence-electron chi connectivity index (χ3n) is 9.15. The number of rotatable bonds is 13. The number of benzene rings is 2. The van der Waals surface area contributed by atoms with Crippen molar-refractivity contribution in [3.8, 4) is 22.3 Å². The molecule has 4 aromatic rings. The Hall–Kier alpha value is -3.80. The number of unbranched alkanes of at least 4 members (excludes halogenated alkanes) is 9. The summed E-state index contributed by atoms with van der Waals surface area (Å²) in [5.41, 5.74) is 23.0. The molecule has 0 bridgehead atoms. The van der Waals surface area contributed by atoms with Crippen molar-refractivity contribution in [2.24, 2.45) is 0 Å². The molecule has 0 fully saturated rings. The second-order valence-electron chi connectivity index (χ2n) is 12.2. The zero-order valence-corrected chi connectivity index (χ0v) is 25.0. The van der Waals surface area contributed by atoms with E-state index in [2.05, 4.69) is 60.7 Å². The van der Waals surface area contributed by atoms with Crippen LogP contribution in [0.25, 0.3) is 22.3 Å². The molecule has 0 radical (unpaired) electrons. The maximum atomic E-state index is 6.40. The Morgan fingerprint density at radius 2 is 0.857 bits per heavy atom. The molecule has 0 saturated carbocycles. The van der Waals surface area contributed by atoms with Crippen molar-refractivity contribution in [3.05, 3.63) is 83.2 Å². The minimum Gasteiger partial charge on any atom is -0.285 e. The van der Waals surface area contributed by atoms with Gasteiger partial charge in [-0.1, -0.05) is 97.3 Å². The van der Waals surface area contributed by atoms with E-state index in [1.807, 2.05) is 9.36 Å². The first-order valence-electron chi connectivity index (χ1n) is 16.2.